The Morgan fingerprint density at radius 3 is 2.55 bits per heavy atom. The molecule has 1 unspecified atom stereocenters. The Morgan fingerprint density at radius 2 is 2.10 bits per heavy atom. The van der Waals surface area contributed by atoms with Gasteiger partial charge in [-0.05, 0) is 12.3 Å². The molecule has 112 valence electrons. The molecular weight excluding hydrogens is 258 g/mol. The quantitative estimate of drug-likeness (QED) is 0.761. The van der Waals surface area contributed by atoms with Crippen LogP contribution in [-0.4, -0.2) is 32.6 Å². The van der Waals surface area contributed by atoms with E-state index in [4.69, 9.17) is 5.11 Å². The number of imidazole rings is 1. The maximum Gasteiger partial charge on any atom is 0.326 e. The van der Waals surface area contributed by atoms with E-state index in [9.17, 15) is 9.59 Å². The van der Waals surface area contributed by atoms with Gasteiger partial charge in [0, 0.05) is 24.9 Å². The number of nitrogens with zero attached hydrogens (tertiary/aromatic N) is 2. The van der Waals surface area contributed by atoms with Gasteiger partial charge in [-0.15, -0.1) is 0 Å². The highest BCUT2D eigenvalue weighted by molar-refractivity contribution is 5.83. The fraction of sp³-hybridized carbons (Fsp3) is 0.643. The topological polar surface area (TPSA) is 84.2 Å². The van der Waals surface area contributed by atoms with Crippen molar-refractivity contribution in [3.63, 3.8) is 0 Å². The monoisotopic (exact) mass is 281 g/mol. The van der Waals surface area contributed by atoms with Crippen molar-refractivity contribution in [1.82, 2.24) is 14.9 Å². The van der Waals surface area contributed by atoms with E-state index in [1.54, 1.807) is 26.4 Å². The number of carboxylic acids is 1. The first-order chi connectivity index (χ1) is 9.45. The smallest absolute Gasteiger partial charge is 0.326 e. The molecule has 0 saturated heterocycles. The first kappa shape index (κ1) is 16.2. The second-order valence-corrected chi connectivity index (χ2v) is 5.28. The normalized spacial score (nSPS) is 14.0. The van der Waals surface area contributed by atoms with E-state index < -0.39 is 12.0 Å². The summed E-state index contributed by atoms with van der Waals surface area (Å²) >= 11 is 0. The minimum Gasteiger partial charge on any atom is -0.480 e. The molecular formula is C14H23N3O3. The minimum atomic E-state index is -0.997. The van der Waals surface area contributed by atoms with E-state index in [0.717, 1.165) is 12.8 Å². The van der Waals surface area contributed by atoms with Gasteiger partial charge in [0.05, 0.1) is 6.33 Å². The Labute approximate surface area is 119 Å². The SMILES string of the molecule is CCCC(CC(=O)N[C@@H](C(=O)O)C(C)C)n1ccnc1. The van der Waals surface area contributed by atoms with Crippen LogP contribution >= 0.6 is 0 Å². The summed E-state index contributed by atoms with van der Waals surface area (Å²) in [5, 5.41) is 11.7. The fourth-order valence-electron chi connectivity index (χ4n) is 2.14. The van der Waals surface area contributed by atoms with Crippen molar-refractivity contribution in [3.8, 4) is 0 Å². The number of aliphatic carboxylic acids is 1. The molecule has 0 bridgehead atoms. The molecule has 0 aliphatic carbocycles. The molecule has 0 aromatic carbocycles. The average Bonchev–Trinajstić information content (AvgIpc) is 2.88. The number of carbonyl (C=O) groups excluding carboxylic acids is 1. The van der Waals surface area contributed by atoms with Gasteiger partial charge in [-0.3, -0.25) is 4.79 Å². The van der Waals surface area contributed by atoms with Gasteiger partial charge in [-0.1, -0.05) is 27.2 Å². The van der Waals surface area contributed by atoms with Gasteiger partial charge in [0.25, 0.3) is 0 Å². The van der Waals surface area contributed by atoms with Gasteiger partial charge >= 0.3 is 5.97 Å². The summed E-state index contributed by atoms with van der Waals surface area (Å²) < 4.78 is 1.90. The molecule has 2 N–H and O–H groups in total. The second-order valence-electron chi connectivity index (χ2n) is 5.28. The zero-order valence-corrected chi connectivity index (χ0v) is 12.2. The summed E-state index contributed by atoms with van der Waals surface area (Å²) in [5.74, 6) is -1.38. The Morgan fingerprint density at radius 1 is 1.40 bits per heavy atom. The van der Waals surface area contributed by atoms with Crippen LogP contribution in [0.5, 0.6) is 0 Å². The average molecular weight is 281 g/mol. The Hall–Kier alpha value is -1.85. The largest absolute Gasteiger partial charge is 0.480 e. The molecule has 1 aromatic heterocycles. The van der Waals surface area contributed by atoms with Crippen molar-refractivity contribution in [1.29, 1.82) is 0 Å². The number of hydrogen-bond acceptors (Lipinski definition) is 3. The van der Waals surface area contributed by atoms with Crippen molar-refractivity contribution < 1.29 is 14.7 Å². The molecule has 2 atom stereocenters. The summed E-state index contributed by atoms with van der Waals surface area (Å²) in [6.07, 6.45) is 7.25. The van der Waals surface area contributed by atoms with Gasteiger partial charge in [0.15, 0.2) is 0 Å². The second kappa shape index (κ2) is 7.67. The molecule has 1 rings (SSSR count). The van der Waals surface area contributed by atoms with E-state index in [0.29, 0.717) is 0 Å². The molecule has 0 fully saturated rings. The standard InChI is InChI=1S/C14H23N3O3/c1-4-5-11(17-7-6-15-9-17)8-12(18)16-13(10(2)3)14(19)20/h6-7,9-11,13H,4-5,8H2,1-3H3,(H,16,18)(H,19,20)/t11?,13-/m1/s1. The zero-order chi connectivity index (χ0) is 15.1. The van der Waals surface area contributed by atoms with Gasteiger partial charge < -0.3 is 15.0 Å². The van der Waals surface area contributed by atoms with Crippen molar-refractivity contribution in [2.45, 2.75) is 52.1 Å². The maximum atomic E-state index is 12.0. The van der Waals surface area contributed by atoms with Gasteiger partial charge in [0.1, 0.15) is 6.04 Å². The van der Waals surface area contributed by atoms with Crippen LogP contribution < -0.4 is 5.32 Å². The summed E-state index contributed by atoms with van der Waals surface area (Å²) in [6.45, 7) is 5.60. The lowest BCUT2D eigenvalue weighted by Gasteiger charge is -2.21. The van der Waals surface area contributed by atoms with Gasteiger partial charge in [-0.2, -0.15) is 0 Å². The Kier molecular flexibility index (Phi) is 6.21. The lowest BCUT2D eigenvalue weighted by atomic mass is 10.0. The molecule has 1 amide bonds. The Balaban J connectivity index is 2.64. The number of carboxylic acid groups (broad SMARTS) is 1. The zero-order valence-electron chi connectivity index (χ0n) is 12.2. The van der Waals surface area contributed by atoms with Crippen molar-refractivity contribution in [3.05, 3.63) is 18.7 Å². The number of hydrogen-bond donors (Lipinski definition) is 2. The highest BCUT2D eigenvalue weighted by atomic mass is 16.4. The van der Waals surface area contributed by atoms with Crippen molar-refractivity contribution in [2.75, 3.05) is 0 Å². The number of aromatic nitrogens is 2. The highest BCUT2D eigenvalue weighted by Gasteiger charge is 2.24. The molecule has 0 aliphatic heterocycles. The fourth-order valence-corrected chi connectivity index (χ4v) is 2.14. The van der Waals surface area contributed by atoms with Crippen LogP contribution in [0.4, 0.5) is 0 Å². The number of amides is 1. The number of carbonyl (C=O) groups is 2. The van der Waals surface area contributed by atoms with E-state index >= 15 is 0 Å². The van der Waals surface area contributed by atoms with Crippen LogP contribution in [0, 0.1) is 5.92 Å². The third-order valence-electron chi connectivity index (χ3n) is 3.24. The summed E-state index contributed by atoms with van der Waals surface area (Å²) in [5.41, 5.74) is 0. The predicted molar refractivity (Wildman–Crippen MR) is 75.2 cm³/mol. The minimum absolute atomic E-state index is 0.0177. The highest BCUT2D eigenvalue weighted by Crippen LogP contribution is 2.18. The number of rotatable bonds is 8. The summed E-state index contributed by atoms with van der Waals surface area (Å²) in [7, 11) is 0. The van der Waals surface area contributed by atoms with E-state index in [1.165, 1.54) is 0 Å². The molecule has 0 radical (unpaired) electrons. The van der Waals surface area contributed by atoms with Crippen LogP contribution in [-0.2, 0) is 9.59 Å². The lowest BCUT2D eigenvalue weighted by molar-refractivity contribution is -0.143. The first-order valence-electron chi connectivity index (χ1n) is 6.95. The molecule has 6 nitrogen and oxygen atoms in total. The lowest BCUT2D eigenvalue weighted by Crippen LogP contribution is -2.44. The van der Waals surface area contributed by atoms with Crippen LogP contribution in [0.1, 0.15) is 46.1 Å². The van der Waals surface area contributed by atoms with Crippen LogP contribution in [0.15, 0.2) is 18.7 Å². The molecule has 6 heteroatoms. The molecule has 0 spiro atoms. The van der Waals surface area contributed by atoms with E-state index in [1.807, 2.05) is 10.8 Å². The van der Waals surface area contributed by atoms with Crippen molar-refractivity contribution >= 4 is 11.9 Å². The van der Waals surface area contributed by atoms with E-state index in [2.05, 4.69) is 17.2 Å². The maximum absolute atomic E-state index is 12.0. The number of nitrogens with one attached hydrogen (secondary N) is 1. The summed E-state index contributed by atoms with van der Waals surface area (Å²) in [6, 6.07) is -0.823. The first-order valence-corrected chi connectivity index (χ1v) is 6.95. The molecule has 0 saturated carbocycles. The molecule has 20 heavy (non-hydrogen) atoms. The summed E-state index contributed by atoms with van der Waals surface area (Å²) in [4.78, 5) is 27.1. The van der Waals surface area contributed by atoms with Gasteiger partial charge in [0.2, 0.25) is 5.91 Å². The Bertz CT molecular complexity index is 429. The van der Waals surface area contributed by atoms with Crippen LogP contribution in [0.25, 0.3) is 0 Å². The van der Waals surface area contributed by atoms with Gasteiger partial charge in [-0.25, -0.2) is 9.78 Å². The molecule has 1 aromatic rings. The molecule has 0 aliphatic rings. The third kappa shape index (κ3) is 4.68. The van der Waals surface area contributed by atoms with Crippen LogP contribution in [0.2, 0.25) is 0 Å². The predicted octanol–water partition coefficient (Wildman–Crippen LogP) is 1.84. The van der Waals surface area contributed by atoms with Crippen molar-refractivity contribution in [2.24, 2.45) is 5.92 Å². The van der Waals surface area contributed by atoms with Crippen LogP contribution in [0.3, 0.4) is 0 Å². The third-order valence-corrected chi connectivity index (χ3v) is 3.24. The van der Waals surface area contributed by atoms with E-state index in [-0.39, 0.29) is 24.3 Å². The molecule has 1 heterocycles.